The molecule has 0 bridgehead atoms. The van der Waals surface area contributed by atoms with E-state index >= 15 is 0 Å². The van der Waals surface area contributed by atoms with Crippen LogP contribution in [0, 0.1) is 12.7 Å². The highest BCUT2D eigenvalue weighted by molar-refractivity contribution is 8.00. The number of anilines is 3. The molecule has 3 rings (SSSR count). The van der Waals surface area contributed by atoms with Gasteiger partial charge in [-0.25, -0.2) is 14.1 Å². The van der Waals surface area contributed by atoms with E-state index in [1.165, 1.54) is 29.5 Å². The predicted molar refractivity (Wildman–Crippen MR) is 121 cm³/mol. The SMILES string of the molecule is Cc1cccc(NC(=O)CSCC(=O)Nc2ccc(F)c(NC(=O)Cn3cncn3)c2)c1. The van der Waals surface area contributed by atoms with E-state index in [1.54, 1.807) is 6.07 Å². The topological polar surface area (TPSA) is 118 Å². The Morgan fingerprint density at radius 3 is 2.34 bits per heavy atom. The van der Waals surface area contributed by atoms with Crippen molar-refractivity contribution in [2.45, 2.75) is 13.5 Å². The van der Waals surface area contributed by atoms with Crippen LogP contribution in [0.2, 0.25) is 0 Å². The molecule has 9 nitrogen and oxygen atoms in total. The molecule has 0 fully saturated rings. The van der Waals surface area contributed by atoms with Crippen LogP contribution in [-0.4, -0.2) is 44.0 Å². The first kappa shape index (κ1) is 22.9. The number of benzene rings is 2. The minimum absolute atomic E-state index is 0.0343. The highest BCUT2D eigenvalue weighted by Crippen LogP contribution is 2.20. The molecule has 1 aromatic heterocycles. The smallest absolute Gasteiger partial charge is 0.246 e. The first-order valence-electron chi connectivity index (χ1n) is 9.55. The van der Waals surface area contributed by atoms with Crippen LogP contribution >= 0.6 is 11.8 Å². The normalized spacial score (nSPS) is 10.4. The number of amides is 3. The molecule has 0 aliphatic heterocycles. The molecule has 166 valence electrons. The summed E-state index contributed by atoms with van der Waals surface area (Å²) in [6, 6.07) is 11.3. The average molecular weight is 457 g/mol. The van der Waals surface area contributed by atoms with Gasteiger partial charge in [0.05, 0.1) is 17.2 Å². The largest absolute Gasteiger partial charge is 0.325 e. The summed E-state index contributed by atoms with van der Waals surface area (Å²) in [4.78, 5) is 39.9. The van der Waals surface area contributed by atoms with Crippen LogP contribution in [0.5, 0.6) is 0 Å². The molecule has 0 spiro atoms. The third-order valence-electron chi connectivity index (χ3n) is 4.06. The summed E-state index contributed by atoms with van der Waals surface area (Å²) in [7, 11) is 0. The van der Waals surface area contributed by atoms with Gasteiger partial charge in [0.2, 0.25) is 17.7 Å². The number of carbonyl (C=O) groups is 3. The van der Waals surface area contributed by atoms with Crippen LogP contribution in [0.25, 0.3) is 0 Å². The summed E-state index contributed by atoms with van der Waals surface area (Å²) in [6.45, 7) is 1.80. The van der Waals surface area contributed by atoms with Gasteiger partial charge in [-0.2, -0.15) is 5.10 Å². The second kappa shape index (κ2) is 11.0. The van der Waals surface area contributed by atoms with Gasteiger partial charge in [-0.15, -0.1) is 11.8 Å². The Balaban J connectivity index is 1.45. The van der Waals surface area contributed by atoms with Gasteiger partial charge in [0.25, 0.3) is 0 Å². The molecule has 0 saturated heterocycles. The number of aromatic nitrogens is 3. The van der Waals surface area contributed by atoms with Gasteiger partial charge in [-0.05, 0) is 42.8 Å². The Bertz CT molecular complexity index is 1110. The number of rotatable bonds is 9. The van der Waals surface area contributed by atoms with Crippen LogP contribution in [0.1, 0.15) is 5.56 Å². The Morgan fingerprint density at radius 1 is 0.969 bits per heavy atom. The molecule has 0 unspecified atom stereocenters. The van der Waals surface area contributed by atoms with Crippen molar-refractivity contribution in [1.82, 2.24) is 14.8 Å². The zero-order valence-electron chi connectivity index (χ0n) is 17.2. The van der Waals surface area contributed by atoms with Crippen molar-refractivity contribution < 1.29 is 18.8 Å². The van der Waals surface area contributed by atoms with Crippen LogP contribution < -0.4 is 16.0 Å². The van der Waals surface area contributed by atoms with Crippen molar-refractivity contribution >= 4 is 46.5 Å². The average Bonchev–Trinajstić information content (AvgIpc) is 3.23. The lowest BCUT2D eigenvalue weighted by Crippen LogP contribution is -2.20. The maximum atomic E-state index is 14.0. The zero-order chi connectivity index (χ0) is 22.9. The number of aryl methyl sites for hydroxylation is 1. The molecule has 0 radical (unpaired) electrons. The van der Waals surface area contributed by atoms with E-state index in [4.69, 9.17) is 0 Å². The number of nitrogens with zero attached hydrogens (tertiary/aromatic N) is 3. The van der Waals surface area contributed by atoms with Crippen LogP contribution in [0.15, 0.2) is 55.1 Å². The van der Waals surface area contributed by atoms with Crippen LogP contribution in [0.4, 0.5) is 21.5 Å². The molecular weight excluding hydrogens is 435 g/mol. The van der Waals surface area contributed by atoms with Crippen LogP contribution in [0.3, 0.4) is 0 Å². The van der Waals surface area contributed by atoms with E-state index in [-0.39, 0.29) is 35.6 Å². The highest BCUT2D eigenvalue weighted by atomic mass is 32.2. The van der Waals surface area contributed by atoms with Gasteiger partial charge < -0.3 is 16.0 Å². The number of nitrogens with one attached hydrogen (secondary N) is 3. The van der Waals surface area contributed by atoms with Crippen molar-refractivity contribution in [2.24, 2.45) is 0 Å². The van der Waals surface area contributed by atoms with Crippen LogP contribution in [-0.2, 0) is 20.9 Å². The molecule has 0 atom stereocenters. The molecule has 11 heteroatoms. The zero-order valence-corrected chi connectivity index (χ0v) is 18.0. The molecule has 0 aliphatic rings. The van der Waals surface area contributed by atoms with Crippen molar-refractivity contribution in [2.75, 3.05) is 27.5 Å². The lowest BCUT2D eigenvalue weighted by Gasteiger charge is -2.10. The van der Waals surface area contributed by atoms with Crippen molar-refractivity contribution in [3.8, 4) is 0 Å². The lowest BCUT2D eigenvalue weighted by atomic mass is 10.2. The number of hydrogen-bond donors (Lipinski definition) is 3. The standard InChI is InChI=1S/C21H21FN6O3S/c1-14-3-2-4-15(7-14)25-20(30)10-32-11-21(31)26-16-5-6-17(22)18(8-16)27-19(29)9-28-13-23-12-24-28/h2-8,12-13H,9-11H2,1H3,(H,25,30)(H,26,31)(H,27,29). The summed E-state index contributed by atoms with van der Waals surface area (Å²) < 4.78 is 15.3. The van der Waals surface area contributed by atoms with E-state index in [1.807, 2.05) is 25.1 Å². The minimum Gasteiger partial charge on any atom is -0.325 e. The van der Waals surface area contributed by atoms with E-state index in [2.05, 4.69) is 26.0 Å². The van der Waals surface area contributed by atoms with Gasteiger partial charge >= 0.3 is 0 Å². The predicted octanol–water partition coefficient (Wildman–Crippen LogP) is 2.67. The van der Waals surface area contributed by atoms with Gasteiger partial charge in [0, 0.05) is 11.4 Å². The van der Waals surface area contributed by atoms with E-state index < -0.39 is 11.7 Å². The second-order valence-corrected chi connectivity index (χ2v) is 7.78. The minimum atomic E-state index is -0.642. The van der Waals surface area contributed by atoms with Gasteiger partial charge in [-0.1, -0.05) is 12.1 Å². The summed E-state index contributed by atoms with van der Waals surface area (Å²) in [6.07, 6.45) is 2.65. The molecule has 0 saturated carbocycles. The molecule has 32 heavy (non-hydrogen) atoms. The van der Waals surface area contributed by atoms with E-state index in [0.717, 1.165) is 23.4 Å². The van der Waals surface area contributed by atoms with Gasteiger partial charge in [0.15, 0.2) is 0 Å². The molecule has 1 heterocycles. The number of carbonyl (C=O) groups excluding carboxylic acids is 3. The van der Waals surface area contributed by atoms with Gasteiger partial charge in [0.1, 0.15) is 25.0 Å². The Hall–Kier alpha value is -3.73. The molecule has 0 aliphatic carbocycles. The van der Waals surface area contributed by atoms with E-state index in [9.17, 15) is 18.8 Å². The van der Waals surface area contributed by atoms with Crippen molar-refractivity contribution in [3.63, 3.8) is 0 Å². The Kier molecular flexibility index (Phi) is 7.92. The maximum Gasteiger partial charge on any atom is 0.246 e. The van der Waals surface area contributed by atoms with Gasteiger partial charge in [-0.3, -0.25) is 14.4 Å². The fourth-order valence-corrected chi connectivity index (χ4v) is 3.32. The lowest BCUT2D eigenvalue weighted by molar-refractivity contribution is -0.117. The number of hydrogen-bond acceptors (Lipinski definition) is 6. The van der Waals surface area contributed by atoms with E-state index in [0.29, 0.717) is 11.4 Å². The highest BCUT2D eigenvalue weighted by Gasteiger charge is 2.11. The Morgan fingerprint density at radius 2 is 1.69 bits per heavy atom. The monoisotopic (exact) mass is 456 g/mol. The summed E-state index contributed by atoms with van der Waals surface area (Å²) in [5.74, 6) is -1.57. The fourth-order valence-electron chi connectivity index (χ4n) is 2.70. The fraction of sp³-hybridized carbons (Fsp3) is 0.190. The molecule has 3 amide bonds. The molecule has 2 aromatic carbocycles. The summed E-state index contributed by atoms with van der Waals surface area (Å²) in [5, 5.41) is 11.6. The summed E-state index contributed by atoms with van der Waals surface area (Å²) in [5.41, 5.74) is 1.98. The first-order valence-corrected chi connectivity index (χ1v) is 10.7. The summed E-state index contributed by atoms with van der Waals surface area (Å²) >= 11 is 1.15. The molecular formula is C21H21FN6O3S. The van der Waals surface area contributed by atoms with Crippen molar-refractivity contribution in [1.29, 1.82) is 0 Å². The molecule has 3 N–H and O–H groups in total. The first-order chi connectivity index (χ1) is 15.4. The maximum absolute atomic E-state index is 14.0. The third kappa shape index (κ3) is 7.20. The number of thioether (sulfide) groups is 1. The molecule has 3 aromatic rings. The second-order valence-electron chi connectivity index (χ2n) is 6.79. The number of halogens is 1. The van der Waals surface area contributed by atoms with Crippen molar-refractivity contribution in [3.05, 3.63) is 66.5 Å². The third-order valence-corrected chi connectivity index (χ3v) is 5.00. The Labute approximate surface area is 187 Å². The quantitative estimate of drug-likeness (QED) is 0.456.